The molecule has 1 heterocycles. The summed E-state index contributed by atoms with van der Waals surface area (Å²) < 4.78 is 0. The maximum atomic E-state index is 2.63. The van der Waals surface area contributed by atoms with Crippen LogP contribution in [0.15, 0.2) is 35.6 Å². The van der Waals surface area contributed by atoms with Gasteiger partial charge >= 0.3 is 0 Å². The van der Waals surface area contributed by atoms with Crippen LogP contribution in [0.4, 0.5) is 0 Å². The highest BCUT2D eigenvalue weighted by Crippen LogP contribution is 2.37. The predicted octanol–water partition coefficient (Wildman–Crippen LogP) is 5.56. The molecule has 0 aliphatic carbocycles. The minimum absolute atomic E-state index is 0.282. The third kappa shape index (κ3) is 4.26. The molecule has 0 saturated carbocycles. The Kier molecular flexibility index (Phi) is 6.10. The zero-order valence-electron chi connectivity index (χ0n) is 14.5. The lowest BCUT2D eigenvalue weighted by Gasteiger charge is -2.38. The lowest BCUT2D eigenvalue weighted by molar-refractivity contribution is 0.227. The van der Waals surface area contributed by atoms with Crippen molar-refractivity contribution in [1.29, 1.82) is 0 Å². The molecule has 1 nitrogen and oxygen atoms in total. The normalized spacial score (nSPS) is 20.8. The first-order valence-electron chi connectivity index (χ1n) is 8.12. The SMILES string of the molecule is C\C=C/C=C(\C(=C\C(C)C)N1CCCC1(C)C)C(C)C. The molecule has 0 amide bonds. The zero-order chi connectivity index (χ0) is 15.3. The molecule has 0 aromatic carbocycles. The van der Waals surface area contributed by atoms with Crippen molar-refractivity contribution in [3.63, 3.8) is 0 Å². The average Bonchev–Trinajstić information content (AvgIpc) is 2.67. The molecule has 1 saturated heterocycles. The second-order valence-electron chi connectivity index (χ2n) is 7.17. The number of hydrogen-bond acceptors (Lipinski definition) is 1. The Morgan fingerprint density at radius 2 is 1.80 bits per heavy atom. The molecular formula is C19H33N. The van der Waals surface area contributed by atoms with Crippen LogP contribution in [0, 0.1) is 11.8 Å². The third-order valence-electron chi connectivity index (χ3n) is 4.07. The van der Waals surface area contributed by atoms with Gasteiger partial charge in [0.1, 0.15) is 0 Å². The minimum atomic E-state index is 0.282. The number of hydrogen-bond donors (Lipinski definition) is 0. The summed E-state index contributed by atoms with van der Waals surface area (Å²) in [6, 6.07) is 0. The van der Waals surface area contributed by atoms with E-state index in [4.69, 9.17) is 0 Å². The molecule has 1 aliphatic rings. The van der Waals surface area contributed by atoms with Crippen molar-refractivity contribution in [2.75, 3.05) is 6.54 Å². The van der Waals surface area contributed by atoms with Gasteiger partial charge in [0.2, 0.25) is 0 Å². The maximum absolute atomic E-state index is 2.63. The molecule has 1 fully saturated rings. The van der Waals surface area contributed by atoms with Gasteiger partial charge in [0.15, 0.2) is 0 Å². The van der Waals surface area contributed by atoms with Crippen LogP contribution in [0.1, 0.15) is 61.3 Å². The van der Waals surface area contributed by atoms with E-state index in [2.05, 4.69) is 77.7 Å². The van der Waals surface area contributed by atoms with Gasteiger partial charge in [-0.3, -0.25) is 0 Å². The summed E-state index contributed by atoms with van der Waals surface area (Å²) in [4.78, 5) is 2.63. The highest BCUT2D eigenvalue weighted by atomic mass is 15.2. The molecule has 20 heavy (non-hydrogen) atoms. The van der Waals surface area contributed by atoms with Crippen LogP contribution in [-0.4, -0.2) is 17.0 Å². The van der Waals surface area contributed by atoms with Crippen molar-refractivity contribution in [2.24, 2.45) is 11.8 Å². The van der Waals surface area contributed by atoms with Crippen LogP contribution < -0.4 is 0 Å². The first-order chi connectivity index (χ1) is 9.29. The molecule has 0 radical (unpaired) electrons. The molecule has 114 valence electrons. The van der Waals surface area contributed by atoms with Gasteiger partial charge in [-0.25, -0.2) is 0 Å². The standard InChI is InChI=1S/C19H33N/c1-8-9-11-17(16(4)5)18(14-15(2)3)20-13-10-12-19(20,6)7/h8-9,11,14-16H,10,12-13H2,1-7H3/b9-8-,17-11-,18-14-. The third-order valence-corrected chi connectivity index (χ3v) is 4.07. The van der Waals surface area contributed by atoms with E-state index in [1.165, 1.54) is 30.7 Å². The summed E-state index contributed by atoms with van der Waals surface area (Å²) in [6.45, 7) is 17.2. The largest absolute Gasteiger partial charge is 0.366 e. The highest BCUT2D eigenvalue weighted by Gasteiger charge is 2.34. The van der Waals surface area contributed by atoms with E-state index in [0.29, 0.717) is 11.8 Å². The van der Waals surface area contributed by atoms with E-state index >= 15 is 0 Å². The van der Waals surface area contributed by atoms with Gasteiger partial charge in [0.25, 0.3) is 0 Å². The summed E-state index contributed by atoms with van der Waals surface area (Å²) >= 11 is 0. The van der Waals surface area contributed by atoms with Gasteiger partial charge in [-0.1, -0.05) is 52.0 Å². The smallest absolute Gasteiger partial charge is 0.0367 e. The summed E-state index contributed by atoms with van der Waals surface area (Å²) in [5, 5.41) is 0. The molecule has 1 heteroatoms. The summed E-state index contributed by atoms with van der Waals surface area (Å²) in [5.41, 5.74) is 3.20. The molecule has 1 rings (SSSR count). The summed E-state index contributed by atoms with van der Waals surface area (Å²) in [6.07, 6.45) is 11.6. The molecular weight excluding hydrogens is 242 g/mol. The molecule has 0 unspecified atom stereocenters. The monoisotopic (exact) mass is 275 g/mol. The average molecular weight is 275 g/mol. The zero-order valence-corrected chi connectivity index (χ0v) is 14.5. The summed E-state index contributed by atoms with van der Waals surface area (Å²) in [7, 11) is 0. The molecule has 0 atom stereocenters. The fraction of sp³-hybridized carbons (Fsp3) is 0.684. The van der Waals surface area contributed by atoms with Crippen LogP contribution in [0.5, 0.6) is 0 Å². The van der Waals surface area contributed by atoms with Crippen LogP contribution in [-0.2, 0) is 0 Å². The number of nitrogens with zero attached hydrogens (tertiary/aromatic N) is 1. The van der Waals surface area contributed by atoms with Gasteiger partial charge in [0, 0.05) is 17.8 Å². The van der Waals surface area contributed by atoms with E-state index in [9.17, 15) is 0 Å². The number of allylic oxidation sites excluding steroid dienone is 5. The molecule has 0 N–H and O–H groups in total. The van der Waals surface area contributed by atoms with Crippen LogP contribution in [0.2, 0.25) is 0 Å². The second-order valence-corrected chi connectivity index (χ2v) is 7.17. The van der Waals surface area contributed by atoms with E-state index < -0.39 is 0 Å². The van der Waals surface area contributed by atoms with Crippen molar-refractivity contribution in [3.05, 3.63) is 35.6 Å². The lowest BCUT2D eigenvalue weighted by Crippen LogP contribution is -2.38. The van der Waals surface area contributed by atoms with E-state index in [-0.39, 0.29) is 5.54 Å². The Bertz CT molecular complexity index is 394. The fourth-order valence-corrected chi connectivity index (χ4v) is 2.99. The van der Waals surface area contributed by atoms with E-state index in [1.54, 1.807) is 0 Å². The van der Waals surface area contributed by atoms with Crippen LogP contribution >= 0.6 is 0 Å². The number of likely N-dealkylation sites (tertiary alicyclic amines) is 1. The molecule has 1 aliphatic heterocycles. The molecule has 0 aromatic rings. The van der Waals surface area contributed by atoms with Crippen LogP contribution in [0.3, 0.4) is 0 Å². The van der Waals surface area contributed by atoms with Crippen molar-refractivity contribution < 1.29 is 0 Å². The Hall–Kier alpha value is -0.980. The molecule has 0 spiro atoms. The van der Waals surface area contributed by atoms with Crippen LogP contribution in [0.25, 0.3) is 0 Å². The van der Waals surface area contributed by atoms with Gasteiger partial charge in [-0.05, 0) is 51.0 Å². The van der Waals surface area contributed by atoms with Crippen molar-refractivity contribution in [1.82, 2.24) is 4.90 Å². The van der Waals surface area contributed by atoms with Crippen molar-refractivity contribution in [2.45, 2.75) is 66.8 Å². The Balaban J connectivity index is 3.24. The second kappa shape index (κ2) is 7.15. The maximum Gasteiger partial charge on any atom is 0.0367 e. The first kappa shape index (κ1) is 17.1. The van der Waals surface area contributed by atoms with Gasteiger partial charge in [-0.2, -0.15) is 0 Å². The summed E-state index contributed by atoms with van der Waals surface area (Å²) in [5.74, 6) is 1.13. The fourth-order valence-electron chi connectivity index (χ4n) is 2.99. The quantitative estimate of drug-likeness (QED) is 0.594. The van der Waals surface area contributed by atoms with Crippen molar-refractivity contribution >= 4 is 0 Å². The minimum Gasteiger partial charge on any atom is -0.366 e. The number of rotatable bonds is 5. The van der Waals surface area contributed by atoms with Gasteiger partial charge in [0.05, 0.1) is 0 Å². The Morgan fingerprint density at radius 1 is 1.15 bits per heavy atom. The molecule has 0 aromatic heterocycles. The van der Waals surface area contributed by atoms with Gasteiger partial charge < -0.3 is 4.90 Å². The molecule has 0 bridgehead atoms. The van der Waals surface area contributed by atoms with Crippen molar-refractivity contribution in [3.8, 4) is 0 Å². The topological polar surface area (TPSA) is 3.24 Å². The van der Waals surface area contributed by atoms with E-state index in [1.807, 2.05) is 0 Å². The lowest BCUT2D eigenvalue weighted by atomic mass is 9.93. The van der Waals surface area contributed by atoms with E-state index in [0.717, 1.165) is 0 Å². The van der Waals surface area contributed by atoms with Gasteiger partial charge in [-0.15, -0.1) is 0 Å². The first-order valence-corrected chi connectivity index (χ1v) is 8.12. The Morgan fingerprint density at radius 3 is 2.20 bits per heavy atom. The predicted molar refractivity (Wildman–Crippen MR) is 90.7 cm³/mol. The Labute approximate surface area is 126 Å². The highest BCUT2D eigenvalue weighted by molar-refractivity contribution is 5.36.